The minimum atomic E-state index is -1.08. The van der Waals surface area contributed by atoms with E-state index in [2.05, 4.69) is 10.3 Å². The molecule has 0 fully saturated rings. The Morgan fingerprint density at radius 1 is 1.47 bits per heavy atom. The highest BCUT2D eigenvalue weighted by Crippen LogP contribution is 2.09. The van der Waals surface area contributed by atoms with E-state index < -0.39 is 17.9 Å². The number of nitrogens with one attached hydrogen (secondary N) is 1. The van der Waals surface area contributed by atoms with Gasteiger partial charge >= 0.3 is 5.97 Å². The van der Waals surface area contributed by atoms with E-state index in [1.54, 1.807) is 0 Å². The summed E-state index contributed by atoms with van der Waals surface area (Å²) in [5, 5.41) is 20.4. The largest absolute Gasteiger partial charge is 0.506 e. The number of pyridine rings is 1. The van der Waals surface area contributed by atoms with Gasteiger partial charge in [-0.05, 0) is 12.5 Å². The SMILES string of the molecule is CCC[C@@H](NC(=O)c1cncc(O)c1)C(=O)O. The van der Waals surface area contributed by atoms with Crippen LogP contribution in [0.4, 0.5) is 0 Å². The van der Waals surface area contributed by atoms with Crippen LogP contribution < -0.4 is 5.32 Å². The number of carboxylic acid groups (broad SMARTS) is 1. The lowest BCUT2D eigenvalue weighted by Gasteiger charge is -2.13. The number of aliphatic carboxylic acids is 1. The first-order valence-corrected chi connectivity index (χ1v) is 5.22. The fraction of sp³-hybridized carbons (Fsp3) is 0.364. The van der Waals surface area contributed by atoms with Gasteiger partial charge in [0.25, 0.3) is 5.91 Å². The van der Waals surface area contributed by atoms with Crippen molar-refractivity contribution in [2.45, 2.75) is 25.8 Å². The summed E-state index contributed by atoms with van der Waals surface area (Å²) in [6.45, 7) is 1.83. The summed E-state index contributed by atoms with van der Waals surface area (Å²) < 4.78 is 0. The fourth-order valence-electron chi connectivity index (χ4n) is 1.34. The lowest BCUT2D eigenvalue weighted by atomic mass is 10.1. The van der Waals surface area contributed by atoms with E-state index in [9.17, 15) is 9.59 Å². The van der Waals surface area contributed by atoms with Crippen molar-refractivity contribution in [3.05, 3.63) is 24.0 Å². The predicted octanol–water partition coefficient (Wildman–Crippen LogP) is 0.770. The Bertz CT molecular complexity index is 420. The topological polar surface area (TPSA) is 99.5 Å². The second kappa shape index (κ2) is 5.83. The molecule has 0 saturated carbocycles. The zero-order valence-electron chi connectivity index (χ0n) is 9.38. The molecule has 17 heavy (non-hydrogen) atoms. The number of amides is 1. The van der Waals surface area contributed by atoms with Gasteiger partial charge in [0, 0.05) is 6.20 Å². The van der Waals surface area contributed by atoms with Crippen LogP contribution in [0.25, 0.3) is 0 Å². The molecule has 1 heterocycles. The quantitative estimate of drug-likeness (QED) is 0.703. The van der Waals surface area contributed by atoms with E-state index in [-0.39, 0.29) is 11.3 Å². The first kappa shape index (κ1) is 13.0. The maximum atomic E-state index is 11.7. The molecule has 0 unspecified atom stereocenters. The van der Waals surface area contributed by atoms with Crippen molar-refractivity contribution in [1.29, 1.82) is 0 Å². The van der Waals surface area contributed by atoms with Crippen LogP contribution in [0.15, 0.2) is 18.5 Å². The number of carbonyl (C=O) groups is 2. The molecular formula is C11H14N2O4. The number of aromatic hydroxyl groups is 1. The number of aromatic nitrogens is 1. The Kier molecular flexibility index (Phi) is 4.45. The molecule has 3 N–H and O–H groups in total. The molecule has 0 spiro atoms. The van der Waals surface area contributed by atoms with Crippen molar-refractivity contribution >= 4 is 11.9 Å². The minimum absolute atomic E-state index is 0.132. The van der Waals surface area contributed by atoms with Crippen molar-refractivity contribution in [3.8, 4) is 5.75 Å². The van der Waals surface area contributed by atoms with Crippen LogP contribution in [0.3, 0.4) is 0 Å². The Morgan fingerprint density at radius 2 is 2.18 bits per heavy atom. The number of carbonyl (C=O) groups excluding carboxylic acids is 1. The molecule has 92 valence electrons. The molecule has 1 atom stereocenters. The average Bonchev–Trinajstić information content (AvgIpc) is 2.28. The van der Waals surface area contributed by atoms with Gasteiger partial charge < -0.3 is 15.5 Å². The second-order valence-corrected chi connectivity index (χ2v) is 3.58. The molecule has 1 aromatic heterocycles. The van der Waals surface area contributed by atoms with Crippen LogP contribution in [0.2, 0.25) is 0 Å². The third-order valence-electron chi connectivity index (χ3n) is 2.17. The van der Waals surface area contributed by atoms with Crippen LogP contribution >= 0.6 is 0 Å². The molecule has 1 amide bonds. The maximum absolute atomic E-state index is 11.7. The third kappa shape index (κ3) is 3.75. The van der Waals surface area contributed by atoms with Gasteiger partial charge in [-0.15, -0.1) is 0 Å². The smallest absolute Gasteiger partial charge is 0.326 e. The molecule has 0 aromatic carbocycles. The second-order valence-electron chi connectivity index (χ2n) is 3.58. The molecular weight excluding hydrogens is 224 g/mol. The van der Waals surface area contributed by atoms with Gasteiger partial charge in [-0.2, -0.15) is 0 Å². The zero-order chi connectivity index (χ0) is 12.8. The van der Waals surface area contributed by atoms with Crippen LogP contribution in [-0.2, 0) is 4.79 Å². The highest BCUT2D eigenvalue weighted by molar-refractivity contribution is 5.96. The fourth-order valence-corrected chi connectivity index (χ4v) is 1.34. The number of hydrogen-bond donors (Lipinski definition) is 3. The minimum Gasteiger partial charge on any atom is -0.506 e. The number of nitrogens with zero attached hydrogens (tertiary/aromatic N) is 1. The zero-order valence-corrected chi connectivity index (χ0v) is 9.38. The normalized spacial score (nSPS) is 11.8. The van der Waals surface area contributed by atoms with E-state index >= 15 is 0 Å². The van der Waals surface area contributed by atoms with E-state index in [0.29, 0.717) is 12.8 Å². The standard InChI is InChI=1S/C11H14N2O4/c1-2-3-9(11(16)17)13-10(15)7-4-8(14)6-12-5-7/h4-6,9,14H,2-3H2,1H3,(H,13,15)(H,16,17)/t9-/m1/s1. The Balaban J connectivity index is 2.73. The molecule has 0 saturated heterocycles. The lowest BCUT2D eigenvalue weighted by Crippen LogP contribution is -2.40. The van der Waals surface area contributed by atoms with Crippen LogP contribution in [0.5, 0.6) is 5.75 Å². The van der Waals surface area contributed by atoms with Gasteiger partial charge in [0.2, 0.25) is 0 Å². The van der Waals surface area contributed by atoms with E-state index in [1.165, 1.54) is 18.5 Å². The van der Waals surface area contributed by atoms with Crippen molar-refractivity contribution in [1.82, 2.24) is 10.3 Å². The predicted molar refractivity (Wildman–Crippen MR) is 59.7 cm³/mol. The Hall–Kier alpha value is -2.11. The Morgan fingerprint density at radius 3 is 2.71 bits per heavy atom. The van der Waals surface area contributed by atoms with Crippen LogP contribution in [0, 0.1) is 0 Å². The highest BCUT2D eigenvalue weighted by atomic mass is 16.4. The third-order valence-corrected chi connectivity index (χ3v) is 2.17. The molecule has 6 heteroatoms. The van der Waals surface area contributed by atoms with Gasteiger partial charge in [-0.25, -0.2) is 4.79 Å². The molecule has 6 nitrogen and oxygen atoms in total. The van der Waals surface area contributed by atoms with E-state index in [1.807, 2.05) is 6.92 Å². The average molecular weight is 238 g/mol. The van der Waals surface area contributed by atoms with Gasteiger partial charge in [-0.1, -0.05) is 13.3 Å². The van der Waals surface area contributed by atoms with Gasteiger partial charge in [0.05, 0.1) is 11.8 Å². The van der Waals surface area contributed by atoms with Crippen molar-refractivity contribution in [2.24, 2.45) is 0 Å². The first-order chi connectivity index (χ1) is 8.04. The summed E-state index contributed by atoms with van der Waals surface area (Å²) in [7, 11) is 0. The molecule has 0 aliphatic carbocycles. The summed E-state index contributed by atoms with van der Waals surface area (Å²) in [4.78, 5) is 26.1. The van der Waals surface area contributed by atoms with Crippen molar-refractivity contribution in [2.75, 3.05) is 0 Å². The monoisotopic (exact) mass is 238 g/mol. The molecule has 0 radical (unpaired) electrons. The molecule has 1 aromatic rings. The molecule has 0 aliphatic heterocycles. The van der Waals surface area contributed by atoms with Gasteiger partial charge in [0.15, 0.2) is 0 Å². The highest BCUT2D eigenvalue weighted by Gasteiger charge is 2.19. The van der Waals surface area contributed by atoms with Gasteiger partial charge in [-0.3, -0.25) is 9.78 Å². The summed E-state index contributed by atoms with van der Waals surface area (Å²) in [6.07, 6.45) is 3.46. The van der Waals surface area contributed by atoms with E-state index in [0.717, 1.165) is 0 Å². The van der Waals surface area contributed by atoms with Gasteiger partial charge in [0.1, 0.15) is 11.8 Å². The summed E-state index contributed by atoms with van der Waals surface area (Å²) >= 11 is 0. The number of carboxylic acids is 1. The summed E-state index contributed by atoms with van der Waals surface area (Å²) in [6, 6.07) is 0.308. The maximum Gasteiger partial charge on any atom is 0.326 e. The van der Waals surface area contributed by atoms with E-state index in [4.69, 9.17) is 10.2 Å². The molecule has 0 aliphatic rings. The van der Waals surface area contributed by atoms with Crippen LogP contribution in [-0.4, -0.2) is 33.1 Å². The van der Waals surface area contributed by atoms with Crippen molar-refractivity contribution in [3.63, 3.8) is 0 Å². The first-order valence-electron chi connectivity index (χ1n) is 5.22. The summed E-state index contributed by atoms with van der Waals surface area (Å²) in [5.74, 6) is -1.78. The van der Waals surface area contributed by atoms with Crippen LogP contribution in [0.1, 0.15) is 30.1 Å². The Labute approximate surface area is 98.3 Å². The number of rotatable bonds is 5. The molecule has 1 rings (SSSR count). The molecule has 0 bridgehead atoms. The lowest BCUT2D eigenvalue weighted by molar-refractivity contribution is -0.139. The summed E-state index contributed by atoms with van der Waals surface area (Å²) in [5.41, 5.74) is 0.132. The van der Waals surface area contributed by atoms with Crippen molar-refractivity contribution < 1.29 is 19.8 Å². The number of hydrogen-bond acceptors (Lipinski definition) is 4.